The van der Waals surface area contributed by atoms with Crippen LogP contribution in [0.2, 0.25) is 0 Å². The van der Waals surface area contributed by atoms with Crippen molar-refractivity contribution in [2.24, 2.45) is 0 Å². The Balaban J connectivity index is 2.58. The summed E-state index contributed by atoms with van der Waals surface area (Å²) in [4.78, 5) is 2.22. The predicted molar refractivity (Wildman–Crippen MR) is 72.3 cm³/mol. The van der Waals surface area contributed by atoms with Gasteiger partial charge in [-0.3, -0.25) is 4.68 Å². The van der Waals surface area contributed by atoms with Crippen LogP contribution in [0, 0.1) is 0 Å². The van der Waals surface area contributed by atoms with Crippen molar-refractivity contribution in [3.05, 3.63) is 18.0 Å². The van der Waals surface area contributed by atoms with Gasteiger partial charge in [-0.25, -0.2) is 0 Å². The smallest absolute Gasteiger partial charge is 0.0640 e. The molecule has 0 fully saturated rings. The summed E-state index contributed by atoms with van der Waals surface area (Å²) in [6.07, 6.45) is 3.06. The van der Waals surface area contributed by atoms with Crippen LogP contribution in [-0.4, -0.2) is 47.9 Å². The topological polar surface area (TPSA) is 33.1 Å². The summed E-state index contributed by atoms with van der Waals surface area (Å²) in [6.45, 7) is 8.50. The number of nitrogens with zero attached hydrogens (tertiary/aromatic N) is 3. The lowest BCUT2D eigenvalue weighted by Crippen LogP contribution is -2.39. The highest BCUT2D eigenvalue weighted by Gasteiger charge is 2.11. The molecule has 1 heterocycles. The minimum atomic E-state index is 0.440. The van der Waals surface area contributed by atoms with Gasteiger partial charge in [-0.2, -0.15) is 5.10 Å². The molecule has 1 unspecified atom stereocenters. The van der Waals surface area contributed by atoms with E-state index in [1.807, 2.05) is 4.68 Å². The molecule has 0 saturated heterocycles. The molecule has 0 aliphatic heterocycles. The zero-order valence-corrected chi connectivity index (χ0v) is 11.8. The van der Waals surface area contributed by atoms with E-state index in [0.717, 1.165) is 19.5 Å². The second-order valence-corrected chi connectivity index (χ2v) is 5.10. The summed E-state index contributed by atoms with van der Waals surface area (Å²) >= 11 is 0. The zero-order chi connectivity index (χ0) is 12.8. The summed E-state index contributed by atoms with van der Waals surface area (Å²) in [5.74, 6) is 0. The van der Waals surface area contributed by atoms with Crippen molar-refractivity contribution < 1.29 is 0 Å². The van der Waals surface area contributed by atoms with E-state index in [-0.39, 0.29) is 0 Å². The first kappa shape index (κ1) is 14.2. The second kappa shape index (κ2) is 6.77. The molecule has 0 spiro atoms. The van der Waals surface area contributed by atoms with Gasteiger partial charge in [0.1, 0.15) is 0 Å². The van der Waals surface area contributed by atoms with E-state index >= 15 is 0 Å². The van der Waals surface area contributed by atoms with Gasteiger partial charge in [-0.15, -0.1) is 0 Å². The first-order valence-electron chi connectivity index (χ1n) is 6.45. The van der Waals surface area contributed by atoms with Crippen LogP contribution in [0.15, 0.2) is 12.3 Å². The van der Waals surface area contributed by atoms with Gasteiger partial charge in [-0.1, -0.05) is 6.92 Å². The lowest BCUT2D eigenvalue weighted by molar-refractivity contribution is 0.337. The van der Waals surface area contributed by atoms with Crippen LogP contribution in [0.1, 0.15) is 32.5 Å². The Morgan fingerprint density at radius 2 is 2.12 bits per heavy atom. The quantitative estimate of drug-likeness (QED) is 0.782. The van der Waals surface area contributed by atoms with Crippen molar-refractivity contribution in [3.8, 4) is 0 Å². The van der Waals surface area contributed by atoms with Crippen molar-refractivity contribution in [2.45, 2.75) is 39.3 Å². The lowest BCUT2D eigenvalue weighted by atomic mass is 10.1. The van der Waals surface area contributed by atoms with Crippen LogP contribution < -0.4 is 5.32 Å². The molecule has 17 heavy (non-hydrogen) atoms. The third-order valence-corrected chi connectivity index (χ3v) is 2.73. The maximum atomic E-state index is 4.60. The Kier molecular flexibility index (Phi) is 5.65. The van der Waals surface area contributed by atoms with Crippen LogP contribution in [0.3, 0.4) is 0 Å². The molecule has 4 heteroatoms. The maximum absolute atomic E-state index is 4.60. The number of nitrogens with one attached hydrogen (secondary N) is 1. The van der Waals surface area contributed by atoms with E-state index in [0.29, 0.717) is 12.1 Å². The van der Waals surface area contributed by atoms with E-state index < -0.39 is 0 Å². The minimum absolute atomic E-state index is 0.440. The third kappa shape index (κ3) is 4.88. The number of likely N-dealkylation sites (N-methyl/N-ethyl adjacent to an activating group) is 2. The zero-order valence-electron chi connectivity index (χ0n) is 11.8. The standard InChI is InChI=1S/C13H26N4/c1-6-14-13(10-16(4)5)9-12-7-8-17(15-12)11(2)3/h7-8,11,13-14H,6,9-10H2,1-5H3. The molecule has 0 radical (unpaired) electrons. The largest absolute Gasteiger partial charge is 0.313 e. The van der Waals surface area contributed by atoms with Gasteiger partial charge in [0.15, 0.2) is 0 Å². The third-order valence-electron chi connectivity index (χ3n) is 2.73. The fourth-order valence-corrected chi connectivity index (χ4v) is 1.96. The van der Waals surface area contributed by atoms with E-state index in [4.69, 9.17) is 0 Å². The molecule has 1 aromatic heterocycles. The summed E-state index contributed by atoms with van der Waals surface area (Å²) in [6, 6.07) is 3.04. The maximum Gasteiger partial charge on any atom is 0.0640 e. The monoisotopic (exact) mass is 238 g/mol. The van der Waals surface area contributed by atoms with Crippen molar-refractivity contribution in [1.29, 1.82) is 0 Å². The summed E-state index contributed by atoms with van der Waals surface area (Å²) in [5.41, 5.74) is 1.17. The normalized spacial score (nSPS) is 13.6. The number of hydrogen-bond donors (Lipinski definition) is 1. The molecular weight excluding hydrogens is 212 g/mol. The Labute approximate surface area is 105 Å². The Morgan fingerprint density at radius 3 is 2.59 bits per heavy atom. The molecule has 1 N–H and O–H groups in total. The predicted octanol–water partition coefficient (Wildman–Crippen LogP) is 1.55. The molecule has 0 aliphatic rings. The summed E-state index contributed by atoms with van der Waals surface area (Å²) in [5, 5.41) is 8.11. The van der Waals surface area contributed by atoms with Crippen molar-refractivity contribution in [1.82, 2.24) is 20.0 Å². The lowest BCUT2D eigenvalue weighted by Gasteiger charge is -2.21. The Hall–Kier alpha value is -0.870. The molecule has 1 rings (SSSR count). The molecular formula is C13H26N4. The first-order valence-corrected chi connectivity index (χ1v) is 6.45. The van der Waals surface area contributed by atoms with Crippen LogP contribution >= 0.6 is 0 Å². The average Bonchev–Trinajstić information content (AvgIpc) is 2.65. The van der Waals surface area contributed by atoms with Crippen LogP contribution in [0.5, 0.6) is 0 Å². The first-order chi connectivity index (χ1) is 8.02. The van der Waals surface area contributed by atoms with Crippen molar-refractivity contribution in [3.63, 3.8) is 0 Å². The molecule has 4 nitrogen and oxygen atoms in total. The highest BCUT2D eigenvalue weighted by molar-refractivity contribution is 5.02. The van der Waals surface area contributed by atoms with Crippen LogP contribution in [-0.2, 0) is 6.42 Å². The molecule has 0 saturated carbocycles. The van der Waals surface area contributed by atoms with Gasteiger partial charge >= 0.3 is 0 Å². The van der Waals surface area contributed by atoms with E-state index in [2.05, 4.69) is 62.4 Å². The van der Waals surface area contributed by atoms with Crippen molar-refractivity contribution >= 4 is 0 Å². The molecule has 0 aromatic carbocycles. The minimum Gasteiger partial charge on any atom is -0.313 e. The van der Waals surface area contributed by atoms with Gasteiger partial charge < -0.3 is 10.2 Å². The summed E-state index contributed by atoms with van der Waals surface area (Å²) < 4.78 is 2.02. The molecule has 0 aliphatic carbocycles. The molecule has 98 valence electrons. The van der Waals surface area contributed by atoms with Gasteiger partial charge in [0.25, 0.3) is 0 Å². The van der Waals surface area contributed by atoms with E-state index in [1.165, 1.54) is 5.69 Å². The SMILES string of the molecule is CCNC(Cc1ccn(C(C)C)n1)CN(C)C. The molecule has 1 atom stereocenters. The van der Waals surface area contributed by atoms with Gasteiger partial charge in [0, 0.05) is 31.2 Å². The highest BCUT2D eigenvalue weighted by Crippen LogP contribution is 2.06. The summed E-state index contributed by atoms with van der Waals surface area (Å²) in [7, 11) is 4.22. The average molecular weight is 238 g/mol. The highest BCUT2D eigenvalue weighted by atomic mass is 15.3. The fraction of sp³-hybridized carbons (Fsp3) is 0.769. The number of rotatable bonds is 7. The fourth-order valence-electron chi connectivity index (χ4n) is 1.96. The van der Waals surface area contributed by atoms with Crippen LogP contribution in [0.4, 0.5) is 0 Å². The Bertz CT molecular complexity index is 317. The van der Waals surface area contributed by atoms with Gasteiger partial charge in [0.2, 0.25) is 0 Å². The second-order valence-electron chi connectivity index (χ2n) is 5.10. The molecule has 0 bridgehead atoms. The van der Waals surface area contributed by atoms with Crippen LogP contribution in [0.25, 0.3) is 0 Å². The molecule has 1 aromatic rings. The Morgan fingerprint density at radius 1 is 1.41 bits per heavy atom. The van der Waals surface area contributed by atoms with E-state index in [9.17, 15) is 0 Å². The number of hydrogen-bond acceptors (Lipinski definition) is 3. The number of aromatic nitrogens is 2. The van der Waals surface area contributed by atoms with Gasteiger partial charge in [0.05, 0.1) is 5.69 Å². The molecule has 0 amide bonds. The van der Waals surface area contributed by atoms with Gasteiger partial charge in [-0.05, 0) is 40.6 Å². The van der Waals surface area contributed by atoms with Crippen molar-refractivity contribution in [2.75, 3.05) is 27.2 Å². The van der Waals surface area contributed by atoms with E-state index in [1.54, 1.807) is 0 Å².